The van der Waals surface area contributed by atoms with Crippen LogP contribution in [0.25, 0.3) is 0 Å². The van der Waals surface area contributed by atoms with Crippen LogP contribution in [-0.4, -0.2) is 21.3 Å². The SMILES string of the molecule is CCCCOP(=O)(O)OP(=O)(O)O.N. The van der Waals surface area contributed by atoms with E-state index in [1.165, 1.54) is 0 Å². The molecule has 0 rings (SSSR count). The van der Waals surface area contributed by atoms with Crippen molar-refractivity contribution in [3.8, 4) is 0 Å². The van der Waals surface area contributed by atoms with Crippen LogP contribution in [0.15, 0.2) is 0 Å². The highest BCUT2D eigenvalue weighted by atomic mass is 31.3. The number of phosphoric acid groups is 2. The zero-order valence-corrected chi connectivity index (χ0v) is 9.49. The minimum absolute atomic E-state index is 0. The van der Waals surface area contributed by atoms with Crippen LogP contribution in [0.2, 0.25) is 0 Å². The van der Waals surface area contributed by atoms with E-state index in [2.05, 4.69) is 8.83 Å². The summed E-state index contributed by atoms with van der Waals surface area (Å²) in [6, 6.07) is 0. The average molecular weight is 251 g/mol. The lowest BCUT2D eigenvalue weighted by Crippen LogP contribution is -1.95. The van der Waals surface area contributed by atoms with Crippen molar-refractivity contribution in [2.24, 2.45) is 0 Å². The highest BCUT2D eigenvalue weighted by molar-refractivity contribution is 7.60. The van der Waals surface area contributed by atoms with Gasteiger partial charge in [0.05, 0.1) is 6.61 Å². The maximum absolute atomic E-state index is 10.7. The Labute approximate surface area is 81.7 Å². The van der Waals surface area contributed by atoms with Gasteiger partial charge in [-0.05, 0) is 6.42 Å². The summed E-state index contributed by atoms with van der Waals surface area (Å²) in [5, 5.41) is 0. The Bertz CT molecular complexity index is 238. The Morgan fingerprint density at radius 3 is 2.07 bits per heavy atom. The van der Waals surface area contributed by atoms with Gasteiger partial charge in [-0.2, -0.15) is 4.31 Å². The summed E-state index contributed by atoms with van der Waals surface area (Å²) in [6.45, 7) is 1.75. The molecule has 88 valence electrons. The molecule has 0 saturated carbocycles. The summed E-state index contributed by atoms with van der Waals surface area (Å²) in [5.41, 5.74) is 0. The molecule has 0 fully saturated rings. The van der Waals surface area contributed by atoms with E-state index in [1.807, 2.05) is 6.92 Å². The zero-order valence-electron chi connectivity index (χ0n) is 7.70. The molecule has 0 aromatic heterocycles. The summed E-state index contributed by atoms with van der Waals surface area (Å²) >= 11 is 0. The average Bonchev–Trinajstić information content (AvgIpc) is 1.81. The van der Waals surface area contributed by atoms with Crippen LogP contribution in [0, 0.1) is 0 Å². The fourth-order valence-corrected chi connectivity index (χ4v) is 2.11. The first kappa shape index (κ1) is 16.6. The molecule has 0 aromatic carbocycles. The third-order valence-electron chi connectivity index (χ3n) is 0.962. The van der Waals surface area contributed by atoms with Crippen molar-refractivity contribution < 1.29 is 32.6 Å². The lowest BCUT2D eigenvalue weighted by atomic mass is 10.4. The van der Waals surface area contributed by atoms with Crippen molar-refractivity contribution in [2.75, 3.05) is 6.61 Å². The molecule has 8 nitrogen and oxygen atoms in total. The summed E-state index contributed by atoms with van der Waals surface area (Å²) in [7, 11) is -9.58. The van der Waals surface area contributed by atoms with Gasteiger partial charge >= 0.3 is 15.6 Å². The van der Waals surface area contributed by atoms with Gasteiger partial charge in [-0.3, -0.25) is 4.52 Å². The number of unbranched alkanes of at least 4 members (excludes halogenated alkanes) is 1. The summed E-state index contributed by atoms with van der Waals surface area (Å²) in [6.07, 6.45) is 1.24. The van der Waals surface area contributed by atoms with Crippen LogP contribution in [0.1, 0.15) is 19.8 Å². The Morgan fingerprint density at radius 2 is 1.71 bits per heavy atom. The van der Waals surface area contributed by atoms with Crippen molar-refractivity contribution in [2.45, 2.75) is 19.8 Å². The van der Waals surface area contributed by atoms with Crippen LogP contribution in [0.5, 0.6) is 0 Å². The molecule has 0 aliphatic carbocycles. The highest BCUT2D eigenvalue weighted by Crippen LogP contribution is 2.57. The van der Waals surface area contributed by atoms with E-state index < -0.39 is 15.6 Å². The number of hydrogen-bond acceptors (Lipinski definition) is 5. The van der Waals surface area contributed by atoms with Crippen molar-refractivity contribution in [1.29, 1.82) is 0 Å². The monoisotopic (exact) mass is 251 g/mol. The molecular weight excluding hydrogens is 236 g/mol. The van der Waals surface area contributed by atoms with E-state index in [-0.39, 0.29) is 12.8 Å². The smallest absolute Gasteiger partial charge is 0.344 e. The van der Waals surface area contributed by atoms with Gasteiger partial charge < -0.3 is 20.8 Å². The first-order valence-electron chi connectivity index (χ1n) is 3.51. The second kappa shape index (κ2) is 6.66. The second-order valence-electron chi connectivity index (χ2n) is 2.23. The second-order valence-corrected chi connectivity index (χ2v) is 5.06. The third-order valence-corrected chi connectivity index (χ3v) is 3.15. The van der Waals surface area contributed by atoms with E-state index in [0.29, 0.717) is 6.42 Å². The molecular formula is C4H15NO7P2. The quantitative estimate of drug-likeness (QED) is 0.406. The minimum Gasteiger partial charge on any atom is -0.344 e. The largest absolute Gasteiger partial charge is 0.481 e. The van der Waals surface area contributed by atoms with Crippen LogP contribution in [0.4, 0.5) is 0 Å². The van der Waals surface area contributed by atoms with Gasteiger partial charge in [0.1, 0.15) is 0 Å². The standard InChI is InChI=1S/C4H12O7P2.H3N/c1-2-3-4-10-13(8,9)11-12(5,6)7;/h2-4H2,1H3,(H,8,9)(H2,5,6,7);1H3. The van der Waals surface area contributed by atoms with Crippen molar-refractivity contribution in [3.05, 3.63) is 0 Å². The van der Waals surface area contributed by atoms with E-state index >= 15 is 0 Å². The Hall–Kier alpha value is 0.220. The number of hydrogen-bond donors (Lipinski definition) is 4. The zero-order chi connectivity index (χ0) is 10.5. The predicted molar refractivity (Wildman–Crippen MR) is 48.8 cm³/mol. The van der Waals surface area contributed by atoms with E-state index in [4.69, 9.17) is 14.7 Å². The lowest BCUT2D eigenvalue weighted by molar-refractivity contribution is 0.176. The molecule has 0 heterocycles. The molecule has 0 amide bonds. The molecule has 0 radical (unpaired) electrons. The lowest BCUT2D eigenvalue weighted by Gasteiger charge is -2.11. The van der Waals surface area contributed by atoms with Gasteiger partial charge in [0, 0.05) is 0 Å². The van der Waals surface area contributed by atoms with E-state index in [1.54, 1.807) is 0 Å². The highest BCUT2D eigenvalue weighted by Gasteiger charge is 2.31. The molecule has 0 aromatic rings. The molecule has 10 heteroatoms. The summed E-state index contributed by atoms with van der Waals surface area (Å²) in [5.74, 6) is 0. The molecule has 0 spiro atoms. The molecule has 1 atom stereocenters. The molecule has 0 aliphatic rings. The Kier molecular flexibility index (Phi) is 7.91. The maximum Gasteiger partial charge on any atom is 0.481 e. The van der Waals surface area contributed by atoms with Crippen molar-refractivity contribution in [1.82, 2.24) is 6.15 Å². The van der Waals surface area contributed by atoms with Gasteiger partial charge in [-0.15, -0.1) is 0 Å². The fourth-order valence-electron chi connectivity index (χ4n) is 0.482. The molecule has 0 saturated heterocycles. The van der Waals surface area contributed by atoms with Gasteiger partial charge in [0.15, 0.2) is 0 Å². The third kappa shape index (κ3) is 10.3. The van der Waals surface area contributed by atoms with Gasteiger partial charge in [0.2, 0.25) is 0 Å². The van der Waals surface area contributed by atoms with E-state index in [9.17, 15) is 9.13 Å². The topological polar surface area (TPSA) is 148 Å². The predicted octanol–water partition coefficient (Wildman–Crippen LogP) is 1.17. The molecule has 1 unspecified atom stereocenters. The maximum atomic E-state index is 10.7. The fraction of sp³-hybridized carbons (Fsp3) is 1.00. The molecule has 14 heavy (non-hydrogen) atoms. The van der Waals surface area contributed by atoms with Gasteiger partial charge in [0.25, 0.3) is 0 Å². The van der Waals surface area contributed by atoms with Crippen LogP contribution >= 0.6 is 15.6 Å². The Balaban J connectivity index is 0. The first-order valence-corrected chi connectivity index (χ1v) is 6.53. The molecule has 0 bridgehead atoms. The number of rotatable bonds is 6. The van der Waals surface area contributed by atoms with Crippen LogP contribution in [-0.2, 0) is 18.0 Å². The normalized spacial score (nSPS) is 15.7. The van der Waals surface area contributed by atoms with Gasteiger partial charge in [-0.1, -0.05) is 13.3 Å². The van der Waals surface area contributed by atoms with Crippen LogP contribution in [0.3, 0.4) is 0 Å². The van der Waals surface area contributed by atoms with Crippen molar-refractivity contribution >= 4 is 15.6 Å². The van der Waals surface area contributed by atoms with E-state index in [0.717, 1.165) is 6.42 Å². The number of phosphoric ester groups is 1. The molecule has 0 aliphatic heterocycles. The Morgan fingerprint density at radius 1 is 1.21 bits per heavy atom. The first-order chi connectivity index (χ1) is 5.77. The van der Waals surface area contributed by atoms with Gasteiger partial charge in [-0.25, -0.2) is 9.13 Å². The summed E-state index contributed by atoms with van der Waals surface area (Å²) in [4.78, 5) is 25.1. The van der Waals surface area contributed by atoms with Crippen molar-refractivity contribution in [3.63, 3.8) is 0 Å². The molecule has 6 N–H and O–H groups in total. The minimum atomic E-state index is -4.97. The van der Waals surface area contributed by atoms with Crippen LogP contribution < -0.4 is 6.15 Å². The summed E-state index contributed by atoms with van der Waals surface area (Å²) < 4.78 is 28.6.